The van der Waals surface area contributed by atoms with Crippen molar-refractivity contribution in [3.05, 3.63) is 96.2 Å². The van der Waals surface area contributed by atoms with Gasteiger partial charge in [-0.15, -0.1) is 0 Å². The summed E-state index contributed by atoms with van der Waals surface area (Å²) in [6.45, 7) is 1.10. The van der Waals surface area contributed by atoms with Crippen molar-refractivity contribution in [3.8, 4) is 16.9 Å². The van der Waals surface area contributed by atoms with Crippen LogP contribution in [0.2, 0.25) is 0 Å². The van der Waals surface area contributed by atoms with Crippen LogP contribution in [0, 0.1) is 5.82 Å². The first-order valence-corrected chi connectivity index (χ1v) is 12.1. The Kier molecular flexibility index (Phi) is 6.93. The predicted octanol–water partition coefficient (Wildman–Crippen LogP) is 3.85. The van der Waals surface area contributed by atoms with Gasteiger partial charge in [-0.25, -0.2) is 9.07 Å². The lowest BCUT2D eigenvalue weighted by Crippen LogP contribution is -2.46. The summed E-state index contributed by atoms with van der Waals surface area (Å²) < 4.78 is 16.8. The number of rotatable bonds is 6. The highest BCUT2D eigenvalue weighted by molar-refractivity contribution is 5.94. The fourth-order valence-electron chi connectivity index (χ4n) is 4.37. The molecule has 8 nitrogen and oxygen atoms in total. The van der Waals surface area contributed by atoms with E-state index >= 15 is 0 Å². The highest BCUT2D eigenvalue weighted by Gasteiger charge is 2.23. The molecular formula is C28H27FN6O2. The van der Waals surface area contributed by atoms with Crippen molar-refractivity contribution in [1.82, 2.24) is 29.8 Å². The number of aryl methyl sites for hydroxylation is 1. The van der Waals surface area contributed by atoms with Crippen LogP contribution in [0.15, 0.2) is 79.3 Å². The van der Waals surface area contributed by atoms with Crippen LogP contribution in [0.1, 0.15) is 28.8 Å². The van der Waals surface area contributed by atoms with E-state index in [1.807, 2.05) is 36.5 Å². The molecule has 37 heavy (non-hydrogen) atoms. The Labute approximate surface area is 214 Å². The average Bonchev–Trinajstić information content (AvgIpc) is 3.55. The van der Waals surface area contributed by atoms with Crippen LogP contribution in [-0.2, 0) is 11.8 Å². The van der Waals surface area contributed by atoms with Gasteiger partial charge in [-0.05, 0) is 55.3 Å². The second kappa shape index (κ2) is 10.6. The zero-order valence-electron chi connectivity index (χ0n) is 20.4. The zero-order valence-corrected chi connectivity index (χ0v) is 20.4. The van der Waals surface area contributed by atoms with Crippen LogP contribution in [0.3, 0.4) is 0 Å². The Morgan fingerprint density at radius 1 is 1.03 bits per heavy atom. The number of amides is 2. The Bertz CT molecular complexity index is 1420. The normalized spacial score (nSPS) is 14.3. The maximum Gasteiger partial charge on any atom is 0.254 e. The summed E-state index contributed by atoms with van der Waals surface area (Å²) in [6.07, 6.45) is 9.74. The van der Waals surface area contributed by atoms with Gasteiger partial charge in [-0.2, -0.15) is 10.2 Å². The van der Waals surface area contributed by atoms with Crippen molar-refractivity contribution in [2.45, 2.75) is 18.9 Å². The summed E-state index contributed by atoms with van der Waals surface area (Å²) in [5, 5.41) is 11.8. The van der Waals surface area contributed by atoms with Gasteiger partial charge in [-0.3, -0.25) is 14.3 Å². The minimum Gasteiger partial charge on any atom is -0.349 e. The molecule has 5 rings (SSSR count). The first-order valence-electron chi connectivity index (χ1n) is 12.1. The van der Waals surface area contributed by atoms with Crippen molar-refractivity contribution in [3.63, 3.8) is 0 Å². The SMILES string of the molecule is Cn1cc(C(=O)NC2CCN(C(=O)/C=C/c3cn(-c4ccccc4)nc3-c3ccc(F)cc3)CC2)cn1. The van der Waals surface area contributed by atoms with E-state index in [9.17, 15) is 14.0 Å². The van der Waals surface area contributed by atoms with Crippen molar-refractivity contribution in [2.75, 3.05) is 13.1 Å². The molecule has 0 unspecified atom stereocenters. The van der Waals surface area contributed by atoms with Crippen LogP contribution < -0.4 is 5.32 Å². The smallest absolute Gasteiger partial charge is 0.254 e. The van der Waals surface area contributed by atoms with Crippen LogP contribution in [0.4, 0.5) is 4.39 Å². The van der Waals surface area contributed by atoms with Gasteiger partial charge in [0.2, 0.25) is 5.91 Å². The molecule has 2 amide bonds. The number of aromatic nitrogens is 4. The van der Waals surface area contributed by atoms with Crippen LogP contribution in [-0.4, -0.2) is 55.4 Å². The van der Waals surface area contributed by atoms with E-state index < -0.39 is 0 Å². The fraction of sp³-hybridized carbons (Fsp3) is 0.214. The van der Waals surface area contributed by atoms with Crippen molar-refractivity contribution < 1.29 is 14.0 Å². The molecule has 4 aromatic rings. The third-order valence-corrected chi connectivity index (χ3v) is 6.40. The van der Waals surface area contributed by atoms with Crippen molar-refractivity contribution in [1.29, 1.82) is 0 Å². The van der Waals surface area contributed by atoms with Gasteiger partial charge in [-0.1, -0.05) is 18.2 Å². The number of nitrogens with one attached hydrogen (secondary N) is 1. The Hall–Kier alpha value is -4.53. The Balaban J connectivity index is 1.26. The lowest BCUT2D eigenvalue weighted by molar-refractivity contribution is -0.126. The number of carbonyl (C=O) groups is 2. The standard InChI is InChI=1S/C28H27FN6O2/c1-33-18-22(17-30-33)28(37)31-24-13-15-34(16-14-24)26(36)12-9-21-19-35(25-5-3-2-4-6-25)32-27(21)20-7-10-23(29)11-8-20/h2-12,17-19,24H,13-16H2,1H3,(H,31,37)/b12-9+. The maximum atomic E-state index is 13.5. The molecule has 0 bridgehead atoms. The topological polar surface area (TPSA) is 85.0 Å². The summed E-state index contributed by atoms with van der Waals surface area (Å²) >= 11 is 0. The molecule has 3 heterocycles. The number of likely N-dealkylation sites (tertiary alicyclic amines) is 1. The predicted molar refractivity (Wildman–Crippen MR) is 138 cm³/mol. The average molecular weight is 499 g/mol. The van der Waals surface area contributed by atoms with Gasteiger partial charge < -0.3 is 10.2 Å². The monoisotopic (exact) mass is 498 g/mol. The first-order chi connectivity index (χ1) is 18.0. The summed E-state index contributed by atoms with van der Waals surface area (Å²) in [6, 6.07) is 15.8. The Morgan fingerprint density at radius 2 is 1.76 bits per heavy atom. The molecule has 0 atom stereocenters. The summed E-state index contributed by atoms with van der Waals surface area (Å²) in [5.74, 6) is -0.574. The number of piperidine rings is 1. The van der Waals surface area contributed by atoms with Crippen molar-refractivity contribution >= 4 is 17.9 Å². The third kappa shape index (κ3) is 5.66. The molecule has 0 aliphatic carbocycles. The first kappa shape index (κ1) is 24.2. The number of nitrogens with zero attached hydrogens (tertiary/aromatic N) is 5. The van der Waals surface area contributed by atoms with Gasteiger partial charge in [0.25, 0.3) is 5.91 Å². The lowest BCUT2D eigenvalue weighted by Gasteiger charge is -2.31. The molecule has 1 N–H and O–H groups in total. The highest BCUT2D eigenvalue weighted by atomic mass is 19.1. The largest absolute Gasteiger partial charge is 0.349 e. The molecule has 9 heteroatoms. The van der Waals surface area contributed by atoms with E-state index in [1.54, 1.807) is 58.0 Å². The quantitative estimate of drug-likeness (QED) is 0.410. The van der Waals surface area contributed by atoms with Gasteiger partial charge in [0.05, 0.1) is 23.1 Å². The molecule has 0 radical (unpaired) electrons. The minimum atomic E-state index is -0.321. The summed E-state index contributed by atoms with van der Waals surface area (Å²) in [7, 11) is 1.77. The van der Waals surface area contributed by atoms with E-state index in [1.165, 1.54) is 12.1 Å². The maximum absolute atomic E-state index is 13.5. The molecule has 2 aromatic heterocycles. The molecule has 1 aliphatic rings. The number of carbonyl (C=O) groups excluding carboxylic acids is 2. The molecule has 188 valence electrons. The number of hydrogen-bond donors (Lipinski definition) is 1. The van der Waals surface area contributed by atoms with Gasteiger partial charge >= 0.3 is 0 Å². The molecule has 1 aliphatic heterocycles. The van der Waals surface area contributed by atoms with E-state index in [0.717, 1.165) is 16.8 Å². The number of halogens is 1. The number of para-hydroxylation sites is 1. The van der Waals surface area contributed by atoms with Gasteiger partial charge in [0.1, 0.15) is 5.82 Å². The molecule has 0 spiro atoms. The molecule has 1 saturated heterocycles. The zero-order chi connectivity index (χ0) is 25.8. The minimum absolute atomic E-state index is 0.00918. The van der Waals surface area contributed by atoms with E-state index in [2.05, 4.69) is 10.4 Å². The van der Waals surface area contributed by atoms with E-state index in [4.69, 9.17) is 5.10 Å². The van der Waals surface area contributed by atoms with Crippen LogP contribution in [0.5, 0.6) is 0 Å². The Morgan fingerprint density at radius 3 is 2.43 bits per heavy atom. The summed E-state index contributed by atoms with van der Waals surface area (Å²) in [4.78, 5) is 27.1. The molecule has 0 saturated carbocycles. The molecular weight excluding hydrogens is 471 g/mol. The van der Waals surface area contributed by atoms with Gasteiger partial charge in [0.15, 0.2) is 0 Å². The lowest BCUT2D eigenvalue weighted by atomic mass is 10.0. The molecule has 1 fully saturated rings. The number of hydrogen-bond acceptors (Lipinski definition) is 4. The third-order valence-electron chi connectivity index (χ3n) is 6.40. The van der Waals surface area contributed by atoms with Crippen LogP contribution in [0.25, 0.3) is 23.0 Å². The van der Waals surface area contributed by atoms with Crippen molar-refractivity contribution in [2.24, 2.45) is 7.05 Å². The second-order valence-corrected chi connectivity index (χ2v) is 9.03. The number of benzene rings is 2. The van der Waals surface area contributed by atoms with Gasteiger partial charge in [0, 0.05) is 55.8 Å². The fourth-order valence-corrected chi connectivity index (χ4v) is 4.37. The van der Waals surface area contributed by atoms with E-state index in [0.29, 0.717) is 37.2 Å². The van der Waals surface area contributed by atoms with Crippen LogP contribution >= 0.6 is 0 Å². The molecule has 2 aromatic carbocycles. The second-order valence-electron chi connectivity index (χ2n) is 9.03. The van der Waals surface area contributed by atoms with E-state index in [-0.39, 0.29) is 23.7 Å². The summed E-state index contributed by atoms with van der Waals surface area (Å²) in [5.41, 5.74) is 3.57. The highest BCUT2D eigenvalue weighted by Crippen LogP contribution is 2.25.